The lowest BCUT2D eigenvalue weighted by molar-refractivity contribution is 0.150. The number of nitrogens with zero attached hydrogens (tertiary/aromatic N) is 1. The van der Waals surface area contributed by atoms with E-state index in [4.69, 9.17) is 11.6 Å². The molecular formula is C7H4BrClF2IN. The molecule has 0 aliphatic rings. The third kappa shape index (κ3) is 2.50. The topological polar surface area (TPSA) is 12.9 Å². The van der Waals surface area contributed by atoms with Crippen LogP contribution in [0.3, 0.4) is 0 Å². The highest BCUT2D eigenvalue weighted by atomic mass is 127. The average molecular weight is 382 g/mol. The van der Waals surface area contributed by atoms with Gasteiger partial charge >= 0.3 is 0 Å². The molecular weight excluding hydrogens is 378 g/mol. The first kappa shape index (κ1) is 11.6. The minimum atomic E-state index is -2.51. The highest BCUT2D eigenvalue weighted by Crippen LogP contribution is 2.30. The van der Waals surface area contributed by atoms with Gasteiger partial charge in [0.05, 0.1) is 3.57 Å². The lowest BCUT2D eigenvalue weighted by atomic mass is 10.2. The normalized spacial score (nSPS) is 10.9. The van der Waals surface area contributed by atoms with Crippen LogP contribution in [0.1, 0.15) is 17.6 Å². The molecule has 0 bridgehead atoms. The molecule has 72 valence electrons. The maximum absolute atomic E-state index is 12.4. The van der Waals surface area contributed by atoms with Gasteiger partial charge in [0.15, 0.2) is 0 Å². The number of hydrogen-bond donors (Lipinski definition) is 0. The Labute approximate surface area is 101 Å². The van der Waals surface area contributed by atoms with Crippen molar-refractivity contribution in [2.75, 3.05) is 0 Å². The predicted molar refractivity (Wildman–Crippen MR) is 59.6 cm³/mol. The Morgan fingerprint density at radius 2 is 2.23 bits per heavy atom. The van der Waals surface area contributed by atoms with Gasteiger partial charge in [0.1, 0.15) is 5.15 Å². The fourth-order valence-electron chi connectivity index (χ4n) is 0.836. The molecule has 1 aromatic rings. The summed E-state index contributed by atoms with van der Waals surface area (Å²) in [7, 11) is 0. The van der Waals surface area contributed by atoms with E-state index in [1.165, 1.54) is 0 Å². The van der Waals surface area contributed by atoms with Gasteiger partial charge in [-0.3, -0.25) is 0 Å². The summed E-state index contributed by atoms with van der Waals surface area (Å²) in [4.78, 5) is 3.67. The summed E-state index contributed by atoms with van der Waals surface area (Å²) in [6, 6.07) is 0. The van der Waals surface area contributed by atoms with Gasteiger partial charge in [-0.2, -0.15) is 0 Å². The Balaban J connectivity index is 3.30. The Morgan fingerprint density at radius 1 is 1.62 bits per heavy atom. The number of rotatable bonds is 2. The Morgan fingerprint density at radius 3 is 2.69 bits per heavy atom. The van der Waals surface area contributed by atoms with E-state index in [-0.39, 0.29) is 10.7 Å². The zero-order valence-electron chi connectivity index (χ0n) is 6.20. The zero-order valence-corrected chi connectivity index (χ0v) is 10.7. The molecule has 0 saturated heterocycles. The van der Waals surface area contributed by atoms with Gasteiger partial charge in [-0.1, -0.05) is 27.5 Å². The summed E-state index contributed by atoms with van der Waals surface area (Å²) >= 11 is 10.7. The van der Waals surface area contributed by atoms with Crippen molar-refractivity contribution in [3.05, 3.63) is 26.0 Å². The van der Waals surface area contributed by atoms with Gasteiger partial charge in [0.25, 0.3) is 6.43 Å². The molecule has 1 aromatic heterocycles. The van der Waals surface area contributed by atoms with Crippen molar-refractivity contribution in [1.82, 2.24) is 4.98 Å². The fourth-order valence-corrected chi connectivity index (χ4v) is 2.77. The van der Waals surface area contributed by atoms with Crippen molar-refractivity contribution in [1.29, 1.82) is 0 Å². The molecule has 0 aliphatic heterocycles. The number of alkyl halides is 3. The van der Waals surface area contributed by atoms with E-state index in [1.807, 2.05) is 22.6 Å². The molecule has 0 radical (unpaired) electrons. The second-order valence-corrected chi connectivity index (χ2v) is 4.23. The second kappa shape index (κ2) is 4.84. The van der Waals surface area contributed by atoms with Crippen LogP contribution in [0.25, 0.3) is 0 Å². The summed E-state index contributed by atoms with van der Waals surface area (Å²) < 4.78 is 25.4. The van der Waals surface area contributed by atoms with E-state index in [0.29, 0.717) is 14.5 Å². The number of pyridine rings is 1. The van der Waals surface area contributed by atoms with Crippen LogP contribution in [0.2, 0.25) is 5.15 Å². The van der Waals surface area contributed by atoms with Gasteiger partial charge < -0.3 is 0 Å². The number of halogens is 5. The SMILES string of the molecule is FC(F)c1cnc(Cl)c(I)c1CBr. The van der Waals surface area contributed by atoms with Gasteiger partial charge in [-0.25, -0.2) is 13.8 Å². The first-order valence-electron chi connectivity index (χ1n) is 3.24. The van der Waals surface area contributed by atoms with E-state index in [9.17, 15) is 8.78 Å². The summed E-state index contributed by atoms with van der Waals surface area (Å²) in [6.45, 7) is 0. The molecule has 0 saturated carbocycles. The Kier molecular flexibility index (Phi) is 4.31. The Bertz CT molecular complexity index is 322. The van der Waals surface area contributed by atoms with Gasteiger partial charge in [-0.15, -0.1) is 0 Å². The van der Waals surface area contributed by atoms with Gasteiger partial charge in [-0.05, 0) is 28.2 Å². The maximum atomic E-state index is 12.4. The minimum absolute atomic E-state index is 0.0642. The zero-order chi connectivity index (χ0) is 10.0. The number of aromatic nitrogens is 1. The fraction of sp³-hybridized carbons (Fsp3) is 0.286. The van der Waals surface area contributed by atoms with E-state index >= 15 is 0 Å². The van der Waals surface area contributed by atoms with Crippen LogP contribution in [-0.2, 0) is 5.33 Å². The van der Waals surface area contributed by atoms with Crippen molar-refractivity contribution in [3.63, 3.8) is 0 Å². The van der Waals surface area contributed by atoms with Gasteiger partial charge in [0.2, 0.25) is 0 Å². The van der Waals surface area contributed by atoms with E-state index in [1.54, 1.807) is 0 Å². The molecule has 0 spiro atoms. The van der Waals surface area contributed by atoms with Crippen LogP contribution >= 0.6 is 50.1 Å². The summed E-state index contributed by atoms with van der Waals surface area (Å²) in [5.41, 5.74) is 0.446. The minimum Gasteiger partial charge on any atom is -0.243 e. The largest absolute Gasteiger partial charge is 0.265 e. The van der Waals surface area contributed by atoms with E-state index in [0.717, 1.165) is 6.20 Å². The van der Waals surface area contributed by atoms with Crippen LogP contribution in [0.5, 0.6) is 0 Å². The first-order valence-corrected chi connectivity index (χ1v) is 5.82. The first-order chi connectivity index (χ1) is 6.07. The summed E-state index contributed by atoms with van der Waals surface area (Å²) in [5, 5.41) is 0.618. The standard InChI is InChI=1S/C7H4BrClF2IN/c8-1-3-4(7(10)11)2-13-6(9)5(3)12/h2,7H,1H2. The van der Waals surface area contributed by atoms with Crippen molar-refractivity contribution < 1.29 is 8.78 Å². The molecule has 0 amide bonds. The van der Waals surface area contributed by atoms with Crippen LogP contribution in [0.4, 0.5) is 8.78 Å². The Hall–Kier alpha value is 0.510. The van der Waals surface area contributed by atoms with E-state index in [2.05, 4.69) is 20.9 Å². The van der Waals surface area contributed by atoms with Crippen LogP contribution in [0, 0.1) is 3.57 Å². The average Bonchev–Trinajstić information content (AvgIpc) is 2.09. The molecule has 0 N–H and O–H groups in total. The molecule has 1 rings (SSSR count). The molecule has 0 fully saturated rings. The quantitative estimate of drug-likeness (QED) is 0.425. The molecule has 1 heterocycles. The van der Waals surface area contributed by atoms with Gasteiger partial charge in [0, 0.05) is 17.1 Å². The molecule has 0 unspecified atom stereocenters. The lowest BCUT2D eigenvalue weighted by Gasteiger charge is -2.08. The van der Waals surface area contributed by atoms with Crippen molar-refractivity contribution >= 4 is 50.1 Å². The highest BCUT2D eigenvalue weighted by molar-refractivity contribution is 14.1. The lowest BCUT2D eigenvalue weighted by Crippen LogP contribution is -1.98. The highest BCUT2D eigenvalue weighted by Gasteiger charge is 2.17. The van der Waals surface area contributed by atoms with Crippen LogP contribution < -0.4 is 0 Å². The van der Waals surface area contributed by atoms with Crippen molar-refractivity contribution in [2.24, 2.45) is 0 Å². The molecule has 1 nitrogen and oxygen atoms in total. The molecule has 13 heavy (non-hydrogen) atoms. The predicted octanol–water partition coefficient (Wildman–Crippen LogP) is 4.17. The number of hydrogen-bond acceptors (Lipinski definition) is 1. The van der Waals surface area contributed by atoms with Crippen molar-refractivity contribution in [3.8, 4) is 0 Å². The smallest absolute Gasteiger partial charge is 0.243 e. The van der Waals surface area contributed by atoms with E-state index < -0.39 is 6.43 Å². The third-order valence-electron chi connectivity index (χ3n) is 1.48. The molecule has 6 heteroatoms. The maximum Gasteiger partial charge on any atom is 0.265 e. The molecule has 0 aliphatic carbocycles. The molecule has 0 aromatic carbocycles. The summed E-state index contributed by atoms with van der Waals surface area (Å²) in [5.74, 6) is 0. The molecule has 0 atom stereocenters. The van der Waals surface area contributed by atoms with Crippen LogP contribution in [0.15, 0.2) is 6.20 Å². The third-order valence-corrected chi connectivity index (χ3v) is 3.81. The second-order valence-electron chi connectivity index (χ2n) is 2.23. The monoisotopic (exact) mass is 381 g/mol. The van der Waals surface area contributed by atoms with Crippen LogP contribution in [-0.4, -0.2) is 4.98 Å². The van der Waals surface area contributed by atoms with Crippen molar-refractivity contribution in [2.45, 2.75) is 11.8 Å². The summed E-state index contributed by atoms with van der Waals surface area (Å²) in [6.07, 6.45) is -1.39.